The van der Waals surface area contributed by atoms with E-state index < -0.39 is 0 Å². The van der Waals surface area contributed by atoms with Gasteiger partial charge in [-0.3, -0.25) is 10.5 Å². The molecule has 0 saturated carbocycles. The summed E-state index contributed by atoms with van der Waals surface area (Å²) >= 11 is 1.60. The summed E-state index contributed by atoms with van der Waals surface area (Å²) in [4.78, 5) is 5.37. The molecule has 2 aromatic heterocycles. The normalized spacial score (nSPS) is 12.9. The molecule has 1 atom stereocenters. The van der Waals surface area contributed by atoms with Crippen LogP contribution in [0.3, 0.4) is 0 Å². The van der Waals surface area contributed by atoms with Crippen LogP contribution in [0.2, 0.25) is 0 Å². The SMILES string of the molecule is CCn1cc(C(NN)c2scnc2C)cn1. The fourth-order valence-corrected chi connectivity index (χ4v) is 2.50. The summed E-state index contributed by atoms with van der Waals surface area (Å²) in [6, 6.07) is -0.0206. The van der Waals surface area contributed by atoms with Gasteiger partial charge < -0.3 is 0 Å². The van der Waals surface area contributed by atoms with Gasteiger partial charge in [-0.1, -0.05) is 0 Å². The van der Waals surface area contributed by atoms with Crippen molar-refractivity contribution in [3.63, 3.8) is 0 Å². The lowest BCUT2D eigenvalue weighted by Gasteiger charge is -2.12. The molecule has 0 aliphatic heterocycles. The zero-order valence-electron chi connectivity index (χ0n) is 9.34. The number of nitrogens with two attached hydrogens (primary N) is 1. The van der Waals surface area contributed by atoms with Crippen LogP contribution in [0.4, 0.5) is 0 Å². The molecule has 2 heterocycles. The molecule has 0 radical (unpaired) electrons. The Morgan fingerprint density at radius 2 is 2.44 bits per heavy atom. The summed E-state index contributed by atoms with van der Waals surface area (Å²) in [7, 11) is 0. The molecule has 2 rings (SSSR count). The largest absolute Gasteiger partial charge is 0.273 e. The number of hydrazine groups is 1. The smallest absolute Gasteiger partial charge is 0.0851 e. The maximum atomic E-state index is 5.61. The van der Waals surface area contributed by atoms with Crippen LogP contribution in [0.25, 0.3) is 0 Å². The maximum Gasteiger partial charge on any atom is 0.0851 e. The summed E-state index contributed by atoms with van der Waals surface area (Å²) in [5, 5.41) is 4.25. The van der Waals surface area contributed by atoms with Gasteiger partial charge in [0.05, 0.1) is 28.3 Å². The van der Waals surface area contributed by atoms with E-state index in [-0.39, 0.29) is 6.04 Å². The number of hydrogen-bond acceptors (Lipinski definition) is 5. The Kier molecular flexibility index (Phi) is 3.33. The Morgan fingerprint density at radius 3 is 2.94 bits per heavy atom. The Balaban J connectivity index is 2.32. The van der Waals surface area contributed by atoms with Crippen LogP contribution in [0, 0.1) is 6.92 Å². The molecular formula is C10H15N5S. The first-order valence-electron chi connectivity index (χ1n) is 5.14. The van der Waals surface area contributed by atoms with Crippen molar-refractivity contribution < 1.29 is 0 Å². The predicted octanol–water partition coefficient (Wildman–Crippen LogP) is 1.22. The molecule has 1 unspecified atom stereocenters. The van der Waals surface area contributed by atoms with E-state index in [0.29, 0.717) is 0 Å². The summed E-state index contributed by atoms with van der Waals surface area (Å²) in [6.45, 7) is 4.90. The lowest BCUT2D eigenvalue weighted by atomic mass is 10.1. The van der Waals surface area contributed by atoms with Gasteiger partial charge in [-0.15, -0.1) is 11.3 Å². The van der Waals surface area contributed by atoms with Gasteiger partial charge in [-0.25, -0.2) is 10.4 Å². The Hall–Kier alpha value is -1.24. The van der Waals surface area contributed by atoms with Gasteiger partial charge in [0.25, 0.3) is 0 Å². The van der Waals surface area contributed by atoms with Crippen LogP contribution in [0.1, 0.15) is 29.1 Å². The zero-order chi connectivity index (χ0) is 11.5. The lowest BCUT2D eigenvalue weighted by molar-refractivity contribution is 0.634. The van der Waals surface area contributed by atoms with Crippen molar-refractivity contribution in [1.29, 1.82) is 0 Å². The highest BCUT2D eigenvalue weighted by atomic mass is 32.1. The molecular weight excluding hydrogens is 222 g/mol. The van der Waals surface area contributed by atoms with E-state index in [2.05, 4.69) is 22.4 Å². The Morgan fingerprint density at radius 1 is 1.62 bits per heavy atom. The van der Waals surface area contributed by atoms with Gasteiger partial charge in [-0.05, 0) is 13.8 Å². The topological polar surface area (TPSA) is 68.8 Å². The maximum absolute atomic E-state index is 5.61. The van der Waals surface area contributed by atoms with Crippen molar-refractivity contribution in [3.8, 4) is 0 Å². The summed E-state index contributed by atoms with van der Waals surface area (Å²) in [5.74, 6) is 5.61. The van der Waals surface area contributed by atoms with Crippen LogP contribution in [0.5, 0.6) is 0 Å². The van der Waals surface area contributed by atoms with Gasteiger partial charge in [0, 0.05) is 18.3 Å². The Bertz CT molecular complexity index is 461. The number of nitrogens with zero attached hydrogens (tertiary/aromatic N) is 3. The summed E-state index contributed by atoms with van der Waals surface area (Å²) in [5.41, 5.74) is 6.73. The molecule has 0 fully saturated rings. The number of aryl methyl sites for hydroxylation is 2. The minimum Gasteiger partial charge on any atom is -0.273 e. The molecule has 0 aromatic carbocycles. The molecule has 3 N–H and O–H groups in total. The summed E-state index contributed by atoms with van der Waals surface area (Å²) in [6.07, 6.45) is 3.84. The fourth-order valence-electron chi connectivity index (χ4n) is 1.61. The minimum absolute atomic E-state index is 0.0206. The standard InChI is InChI=1S/C10H15N5S/c1-3-15-5-8(4-13-15)9(14-11)10-7(2)12-6-16-10/h4-6,9,14H,3,11H2,1-2H3. The minimum atomic E-state index is -0.0206. The van der Waals surface area contributed by atoms with Crippen molar-refractivity contribution >= 4 is 11.3 Å². The van der Waals surface area contributed by atoms with Crippen molar-refractivity contribution in [3.05, 3.63) is 34.0 Å². The third-order valence-electron chi connectivity index (χ3n) is 2.52. The third-order valence-corrected chi connectivity index (χ3v) is 3.52. The summed E-state index contributed by atoms with van der Waals surface area (Å²) < 4.78 is 1.88. The van der Waals surface area contributed by atoms with Crippen molar-refractivity contribution in [2.45, 2.75) is 26.4 Å². The van der Waals surface area contributed by atoms with E-state index in [0.717, 1.165) is 22.7 Å². The van der Waals surface area contributed by atoms with Crippen LogP contribution in [-0.4, -0.2) is 14.8 Å². The average Bonchev–Trinajstić information content (AvgIpc) is 2.90. The number of hydrogen-bond donors (Lipinski definition) is 2. The monoisotopic (exact) mass is 237 g/mol. The first-order valence-corrected chi connectivity index (χ1v) is 6.02. The van der Waals surface area contributed by atoms with Gasteiger partial charge in [0.2, 0.25) is 0 Å². The lowest BCUT2D eigenvalue weighted by Crippen LogP contribution is -2.28. The second-order valence-electron chi connectivity index (χ2n) is 3.53. The highest BCUT2D eigenvalue weighted by Crippen LogP contribution is 2.26. The molecule has 0 saturated heterocycles. The van der Waals surface area contributed by atoms with Crippen LogP contribution >= 0.6 is 11.3 Å². The van der Waals surface area contributed by atoms with Crippen LogP contribution in [0.15, 0.2) is 17.9 Å². The van der Waals surface area contributed by atoms with Gasteiger partial charge in [-0.2, -0.15) is 5.10 Å². The molecule has 6 heteroatoms. The van der Waals surface area contributed by atoms with Gasteiger partial charge in [0.15, 0.2) is 0 Å². The number of aromatic nitrogens is 3. The van der Waals surface area contributed by atoms with E-state index in [4.69, 9.17) is 5.84 Å². The van der Waals surface area contributed by atoms with Crippen molar-refractivity contribution in [1.82, 2.24) is 20.2 Å². The number of nitrogens with one attached hydrogen (secondary N) is 1. The van der Waals surface area contributed by atoms with E-state index in [1.54, 1.807) is 11.3 Å². The van der Waals surface area contributed by atoms with E-state index >= 15 is 0 Å². The van der Waals surface area contributed by atoms with E-state index in [1.165, 1.54) is 0 Å². The molecule has 0 spiro atoms. The second-order valence-corrected chi connectivity index (χ2v) is 4.42. The Labute approximate surface area is 98.3 Å². The molecule has 2 aromatic rings. The predicted molar refractivity (Wildman–Crippen MR) is 63.9 cm³/mol. The molecule has 0 aliphatic carbocycles. The zero-order valence-corrected chi connectivity index (χ0v) is 10.2. The van der Waals surface area contributed by atoms with Crippen molar-refractivity contribution in [2.75, 3.05) is 0 Å². The number of thiazole rings is 1. The first kappa shape index (κ1) is 11.3. The van der Waals surface area contributed by atoms with Crippen LogP contribution < -0.4 is 11.3 Å². The highest BCUT2D eigenvalue weighted by Gasteiger charge is 2.18. The molecule has 0 bridgehead atoms. The third kappa shape index (κ3) is 1.99. The highest BCUT2D eigenvalue weighted by molar-refractivity contribution is 7.09. The van der Waals surface area contributed by atoms with Crippen molar-refractivity contribution in [2.24, 2.45) is 5.84 Å². The van der Waals surface area contributed by atoms with E-state index in [1.807, 2.05) is 29.5 Å². The van der Waals surface area contributed by atoms with Gasteiger partial charge >= 0.3 is 0 Å². The average molecular weight is 237 g/mol. The quantitative estimate of drug-likeness (QED) is 0.619. The molecule has 0 aliphatic rings. The van der Waals surface area contributed by atoms with Gasteiger partial charge in [0.1, 0.15) is 0 Å². The first-order chi connectivity index (χ1) is 7.76. The van der Waals surface area contributed by atoms with E-state index in [9.17, 15) is 0 Å². The molecule has 86 valence electrons. The molecule has 0 amide bonds. The molecule has 16 heavy (non-hydrogen) atoms. The molecule has 5 nitrogen and oxygen atoms in total. The second kappa shape index (κ2) is 4.73. The fraction of sp³-hybridized carbons (Fsp3) is 0.400. The number of rotatable bonds is 4. The van der Waals surface area contributed by atoms with Crippen LogP contribution in [-0.2, 0) is 6.54 Å².